The summed E-state index contributed by atoms with van der Waals surface area (Å²) in [4.78, 5) is 0.300. The van der Waals surface area contributed by atoms with Crippen molar-refractivity contribution >= 4 is 15.7 Å². The number of benzene rings is 2. The Morgan fingerprint density at radius 3 is 2.12 bits per heavy atom. The highest BCUT2D eigenvalue weighted by atomic mass is 32.2. The number of nitrogens with two attached hydrogens (primary N) is 1. The Labute approximate surface area is 151 Å². The molecule has 0 heterocycles. The van der Waals surface area contributed by atoms with Crippen LogP contribution in [0, 0.1) is 5.92 Å². The van der Waals surface area contributed by atoms with E-state index in [1.165, 1.54) is 0 Å². The lowest BCUT2D eigenvalue weighted by Gasteiger charge is -2.32. The zero-order chi connectivity index (χ0) is 18.4. The molecule has 0 saturated heterocycles. The predicted molar refractivity (Wildman–Crippen MR) is 104 cm³/mol. The Morgan fingerprint density at radius 1 is 1.00 bits per heavy atom. The van der Waals surface area contributed by atoms with Crippen LogP contribution in [0.4, 0.5) is 5.69 Å². The van der Waals surface area contributed by atoms with Crippen LogP contribution in [-0.2, 0) is 16.4 Å². The average Bonchev–Trinajstić information content (AvgIpc) is 2.59. The lowest BCUT2D eigenvalue weighted by atomic mass is 10.0. The number of nitrogen functional groups attached to an aromatic ring is 1. The summed E-state index contributed by atoms with van der Waals surface area (Å²) in [6.45, 7) is 6.62. The van der Waals surface area contributed by atoms with Crippen molar-refractivity contribution in [2.75, 3.05) is 12.3 Å². The smallest absolute Gasteiger partial charge is 0.243 e. The first-order valence-corrected chi connectivity index (χ1v) is 10.2. The molecule has 2 aromatic rings. The van der Waals surface area contributed by atoms with Gasteiger partial charge in [0.1, 0.15) is 0 Å². The molecule has 2 N–H and O–H groups in total. The zero-order valence-electron chi connectivity index (χ0n) is 15.2. The van der Waals surface area contributed by atoms with E-state index in [-0.39, 0.29) is 12.0 Å². The SMILES string of the molecule is CCC(Cc1ccccc1)N(CC(C)C)S(=O)(=O)c1ccc(N)cc1. The molecule has 0 aromatic heterocycles. The van der Waals surface area contributed by atoms with Crippen LogP contribution in [0.5, 0.6) is 0 Å². The molecule has 1 unspecified atom stereocenters. The first kappa shape index (κ1) is 19.5. The molecule has 0 aliphatic carbocycles. The number of rotatable bonds is 8. The third-order valence-corrected chi connectivity index (χ3v) is 6.16. The standard InChI is InChI=1S/C20H28N2O2S/c1-4-19(14-17-8-6-5-7-9-17)22(15-16(2)3)25(23,24)20-12-10-18(21)11-13-20/h5-13,16,19H,4,14-15,21H2,1-3H3. The molecule has 136 valence electrons. The summed E-state index contributed by atoms with van der Waals surface area (Å²) >= 11 is 0. The molecule has 4 nitrogen and oxygen atoms in total. The molecular weight excluding hydrogens is 332 g/mol. The van der Waals surface area contributed by atoms with E-state index < -0.39 is 10.0 Å². The molecule has 0 amide bonds. The topological polar surface area (TPSA) is 63.4 Å². The average molecular weight is 361 g/mol. The third-order valence-electron chi connectivity index (χ3n) is 4.22. The van der Waals surface area contributed by atoms with Crippen molar-refractivity contribution in [1.29, 1.82) is 0 Å². The molecule has 1 atom stereocenters. The van der Waals surface area contributed by atoms with Crippen LogP contribution in [0.25, 0.3) is 0 Å². The second-order valence-electron chi connectivity index (χ2n) is 6.79. The van der Waals surface area contributed by atoms with Gasteiger partial charge in [0, 0.05) is 18.3 Å². The molecule has 0 aliphatic rings. The Balaban J connectivity index is 2.37. The van der Waals surface area contributed by atoms with Crippen LogP contribution in [0.3, 0.4) is 0 Å². The normalized spacial score (nSPS) is 13.3. The largest absolute Gasteiger partial charge is 0.399 e. The minimum atomic E-state index is -3.57. The quantitative estimate of drug-likeness (QED) is 0.725. The second-order valence-corrected chi connectivity index (χ2v) is 8.68. The fourth-order valence-corrected chi connectivity index (χ4v) is 4.78. The highest BCUT2D eigenvalue weighted by molar-refractivity contribution is 7.89. The van der Waals surface area contributed by atoms with Gasteiger partial charge in [-0.25, -0.2) is 8.42 Å². The van der Waals surface area contributed by atoms with Crippen molar-refractivity contribution in [3.8, 4) is 0 Å². The maximum absolute atomic E-state index is 13.3. The van der Waals surface area contributed by atoms with Crippen molar-refractivity contribution in [1.82, 2.24) is 4.31 Å². The molecule has 0 spiro atoms. The van der Waals surface area contributed by atoms with E-state index in [1.807, 2.05) is 51.1 Å². The zero-order valence-corrected chi connectivity index (χ0v) is 16.0. The molecule has 2 rings (SSSR count). The van der Waals surface area contributed by atoms with Crippen LogP contribution >= 0.6 is 0 Å². The van der Waals surface area contributed by atoms with E-state index in [9.17, 15) is 8.42 Å². The molecule has 0 fully saturated rings. The molecule has 25 heavy (non-hydrogen) atoms. The summed E-state index contributed by atoms with van der Waals surface area (Å²) in [5, 5.41) is 0. The number of hydrogen-bond donors (Lipinski definition) is 1. The monoisotopic (exact) mass is 360 g/mol. The van der Waals surface area contributed by atoms with E-state index in [4.69, 9.17) is 5.73 Å². The number of nitrogens with zero attached hydrogens (tertiary/aromatic N) is 1. The molecule has 0 aliphatic heterocycles. The van der Waals surface area contributed by atoms with Crippen LogP contribution in [-0.4, -0.2) is 25.3 Å². The molecule has 0 radical (unpaired) electrons. The Morgan fingerprint density at radius 2 is 1.60 bits per heavy atom. The van der Waals surface area contributed by atoms with Crippen molar-refractivity contribution in [2.45, 2.75) is 44.6 Å². The maximum Gasteiger partial charge on any atom is 0.243 e. The fraction of sp³-hybridized carbons (Fsp3) is 0.400. The number of sulfonamides is 1. The van der Waals surface area contributed by atoms with Gasteiger partial charge in [-0.2, -0.15) is 4.31 Å². The van der Waals surface area contributed by atoms with Gasteiger partial charge < -0.3 is 5.73 Å². The van der Waals surface area contributed by atoms with Crippen molar-refractivity contribution < 1.29 is 8.42 Å². The van der Waals surface area contributed by atoms with Gasteiger partial charge in [-0.15, -0.1) is 0 Å². The predicted octanol–water partition coefficient (Wildman–Crippen LogP) is 3.94. The van der Waals surface area contributed by atoms with Gasteiger partial charge in [0.15, 0.2) is 0 Å². The Kier molecular flexibility index (Phi) is 6.62. The van der Waals surface area contributed by atoms with E-state index in [2.05, 4.69) is 0 Å². The van der Waals surface area contributed by atoms with Crippen molar-refractivity contribution in [2.24, 2.45) is 5.92 Å². The molecule has 5 heteroatoms. The maximum atomic E-state index is 13.3. The highest BCUT2D eigenvalue weighted by Crippen LogP contribution is 2.24. The van der Waals surface area contributed by atoms with Gasteiger partial charge in [-0.3, -0.25) is 0 Å². The van der Waals surface area contributed by atoms with Crippen molar-refractivity contribution in [3.05, 3.63) is 60.2 Å². The van der Waals surface area contributed by atoms with Gasteiger partial charge in [-0.05, 0) is 48.6 Å². The van der Waals surface area contributed by atoms with Gasteiger partial charge in [0.2, 0.25) is 10.0 Å². The summed E-state index contributed by atoms with van der Waals surface area (Å²) in [5.74, 6) is 0.244. The van der Waals surface area contributed by atoms with E-state index >= 15 is 0 Å². The van der Waals surface area contributed by atoms with E-state index in [1.54, 1.807) is 28.6 Å². The summed E-state index contributed by atoms with van der Waals surface area (Å²) in [7, 11) is -3.57. The fourth-order valence-electron chi connectivity index (χ4n) is 2.91. The highest BCUT2D eigenvalue weighted by Gasteiger charge is 2.31. The first-order chi connectivity index (χ1) is 11.8. The first-order valence-electron chi connectivity index (χ1n) is 8.76. The molecular formula is C20H28N2O2S. The minimum absolute atomic E-state index is 0.0765. The summed E-state index contributed by atoms with van der Waals surface area (Å²) < 4.78 is 28.2. The number of hydrogen-bond acceptors (Lipinski definition) is 3. The number of anilines is 1. The molecule has 2 aromatic carbocycles. The summed E-state index contributed by atoms with van der Waals surface area (Å²) in [5.41, 5.74) is 7.42. The van der Waals surface area contributed by atoms with Crippen LogP contribution in [0.15, 0.2) is 59.5 Å². The lowest BCUT2D eigenvalue weighted by molar-refractivity contribution is 0.281. The summed E-state index contributed by atoms with van der Waals surface area (Å²) in [6, 6.07) is 16.4. The van der Waals surface area contributed by atoms with E-state index in [0.717, 1.165) is 12.0 Å². The van der Waals surface area contributed by atoms with Crippen LogP contribution < -0.4 is 5.73 Å². The van der Waals surface area contributed by atoms with Gasteiger partial charge in [0.25, 0.3) is 0 Å². The summed E-state index contributed by atoms with van der Waals surface area (Å²) in [6.07, 6.45) is 1.47. The molecule has 0 saturated carbocycles. The molecule has 0 bridgehead atoms. The van der Waals surface area contributed by atoms with Gasteiger partial charge in [0.05, 0.1) is 4.90 Å². The van der Waals surface area contributed by atoms with Crippen LogP contribution in [0.2, 0.25) is 0 Å². The second kappa shape index (κ2) is 8.50. The lowest BCUT2D eigenvalue weighted by Crippen LogP contribution is -2.43. The van der Waals surface area contributed by atoms with Gasteiger partial charge in [-0.1, -0.05) is 51.1 Å². The third kappa shape index (κ3) is 5.06. The van der Waals surface area contributed by atoms with Crippen molar-refractivity contribution in [3.63, 3.8) is 0 Å². The minimum Gasteiger partial charge on any atom is -0.399 e. The van der Waals surface area contributed by atoms with Crippen LogP contribution in [0.1, 0.15) is 32.8 Å². The Bertz CT molecular complexity index is 756. The Hall–Kier alpha value is -1.85. The van der Waals surface area contributed by atoms with E-state index in [0.29, 0.717) is 23.5 Å². The van der Waals surface area contributed by atoms with Gasteiger partial charge >= 0.3 is 0 Å².